The Kier molecular flexibility index (Phi) is 5.58. The minimum absolute atomic E-state index is 0.199. The Hall–Kier alpha value is -2.50. The van der Waals surface area contributed by atoms with Gasteiger partial charge in [-0.15, -0.1) is 0 Å². The van der Waals surface area contributed by atoms with Gasteiger partial charge in [-0.3, -0.25) is 4.79 Å². The molecule has 1 aromatic carbocycles. The lowest BCUT2D eigenvalue weighted by molar-refractivity contribution is -0.691. The zero-order valence-electron chi connectivity index (χ0n) is 13.2. The van der Waals surface area contributed by atoms with E-state index < -0.39 is 6.04 Å². The van der Waals surface area contributed by atoms with E-state index in [1.807, 2.05) is 24.3 Å². The van der Waals surface area contributed by atoms with Crippen LogP contribution in [-0.2, 0) is 19.2 Å². The molecule has 0 spiro atoms. The summed E-state index contributed by atoms with van der Waals surface area (Å²) in [6, 6.07) is 15.3. The number of rotatable bonds is 6. The highest BCUT2D eigenvalue weighted by Gasteiger charge is 2.29. The molecule has 4 nitrogen and oxygen atoms in total. The standard InChI is InChI=1S/C19H15ClN2O2S/c20-16-9-3-2-8-15(16)18(23)17(22-10-4-1-5-11-22)19(25)21-13-14-7-6-12-24-14/h1-12,17H,13H2/t17-/m1/s1. The summed E-state index contributed by atoms with van der Waals surface area (Å²) in [5.41, 5.74) is 0.418. The number of benzene rings is 1. The smallest absolute Gasteiger partial charge is 0.237 e. The van der Waals surface area contributed by atoms with Gasteiger partial charge in [-0.1, -0.05) is 29.8 Å². The van der Waals surface area contributed by atoms with Gasteiger partial charge in [0.1, 0.15) is 5.76 Å². The minimum atomic E-state index is -0.744. The van der Waals surface area contributed by atoms with E-state index in [0.29, 0.717) is 16.3 Å². The molecule has 3 rings (SSSR count). The Labute approximate surface area is 156 Å². The molecule has 0 bridgehead atoms. The highest BCUT2D eigenvalue weighted by molar-refractivity contribution is 7.77. The van der Waals surface area contributed by atoms with Crippen LogP contribution >= 0.6 is 11.6 Å². The SMILES string of the molecule is O=C(c1ccccc1Cl)[C@H](C([S-])=NCc1ccco1)[n+]1ccccc1. The van der Waals surface area contributed by atoms with Gasteiger partial charge >= 0.3 is 0 Å². The van der Waals surface area contributed by atoms with Gasteiger partial charge in [0.2, 0.25) is 11.8 Å². The summed E-state index contributed by atoms with van der Waals surface area (Å²) >= 11 is 11.7. The number of nitrogens with zero attached hydrogens (tertiary/aromatic N) is 2. The third-order valence-electron chi connectivity index (χ3n) is 3.63. The number of Topliss-reactive ketones (excluding diaryl/α,β-unsaturated/α-hetero) is 1. The number of hydrogen-bond donors (Lipinski definition) is 0. The molecule has 3 aromatic rings. The molecule has 1 atom stereocenters. The highest BCUT2D eigenvalue weighted by atomic mass is 35.5. The molecule has 6 heteroatoms. The number of carbonyl (C=O) groups excluding carboxylic acids is 1. The summed E-state index contributed by atoms with van der Waals surface area (Å²) in [6.45, 7) is 0.283. The van der Waals surface area contributed by atoms with E-state index in [2.05, 4.69) is 4.99 Å². The van der Waals surface area contributed by atoms with Crippen LogP contribution in [0.2, 0.25) is 5.02 Å². The lowest BCUT2D eigenvalue weighted by atomic mass is 10.0. The molecule has 0 aliphatic carbocycles. The summed E-state index contributed by atoms with van der Waals surface area (Å²) < 4.78 is 7.00. The largest absolute Gasteiger partial charge is 0.758 e. The maximum atomic E-state index is 13.1. The summed E-state index contributed by atoms with van der Waals surface area (Å²) in [6.07, 6.45) is 5.15. The topological polar surface area (TPSA) is 46.5 Å². The fourth-order valence-corrected chi connectivity index (χ4v) is 2.93. The first-order valence-corrected chi connectivity index (χ1v) is 8.43. The molecule has 0 radical (unpaired) electrons. The molecule has 2 heterocycles. The molecule has 0 aliphatic rings. The third kappa shape index (κ3) is 4.13. The van der Waals surface area contributed by atoms with Crippen molar-refractivity contribution in [2.45, 2.75) is 12.6 Å². The molecule has 0 unspecified atom stereocenters. The zero-order chi connectivity index (χ0) is 17.6. The summed E-state index contributed by atoms with van der Waals surface area (Å²) in [4.78, 5) is 17.5. The van der Waals surface area contributed by atoms with Crippen molar-refractivity contribution < 1.29 is 13.8 Å². The highest BCUT2D eigenvalue weighted by Crippen LogP contribution is 2.20. The Morgan fingerprint density at radius 3 is 2.56 bits per heavy atom. The van der Waals surface area contributed by atoms with Crippen LogP contribution in [0.15, 0.2) is 82.7 Å². The van der Waals surface area contributed by atoms with Crippen LogP contribution in [0.25, 0.3) is 0 Å². The molecule has 126 valence electrons. The molecule has 0 N–H and O–H groups in total. The summed E-state index contributed by atoms with van der Waals surface area (Å²) in [5.74, 6) is 0.486. The second kappa shape index (κ2) is 8.05. The van der Waals surface area contributed by atoms with E-state index in [4.69, 9.17) is 28.6 Å². The van der Waals surface area contributed by atoms with E-state index >= 15 is 0 Å². The van der Waals surface area contributed by atoms with Gasteiger partial charge < -0.3 is 22.0 Å². The van der Waals surface area contributed by atoms with Crippen LogP contribution in [0.1, 0.15) is 22.2 Å². The predicted octanol–water partition coefficient (Wildman–Crippen LogP) is 3.79. The number of aromatic nitrogens is 1. The van der Waals surface area contributed by atoms with Crippen molar-refractivity contribution in [1.29, 1.82) is 0 Å². The molecule has 25 heavy (non-hydrogen) atoms. The van der Waals surface area contributed by atoms with E-state index in [1.54, 1.807) is 53.6 Å². The minimum Gasteiger partial charge on any atom is -0.758 e. The molecular formula is C19H15ClN2O2S. The Balaban J connectivity index is 1.97. The first-order valence-electron chi connectivity index (χ1n) is 7.65. The first kappa shape index (κ1) is 17.3. The molecule has 2 aromatic heterocycles. The van der Waals surface area contributed by atoms with Crippen LogP contribution in [0.3, 0.4) is 0 Å². The van der Waals surface area contributed by atoms with Crippen molar-refractivity contribution in [2.24, 2.45) is 4.99 Å². The van der Waals surface area contributed by atoms with E-state index in [0.717, 1.165) is 0 Å². The number of halogens is 1. The van der Waals surface area contributed by atoms with Gasteiger partial charge in [-0.2, -0.15) is 4.57 Å². The molecule has 0 saturated heterocycles. The number of ketones is 1. The first-order chi connectivity index (χ1) is 12.2. The van der Waals surface area contributed by atoms with Crippen LogP contribution in [0.5, 0.6) is 0 Å². The van der Waals surface area contributed by atoms with Crippen molar-refractivity contribution in [3.63, 3.8) is 0 Å². The second-order valence-corrected chi connectivity index (χ2v) is 6.13. The lowest BCUT2D eigenvalue weighted by Gasteiger charge is -2.18. The van der Waals surface area contributed by atoms with Crippen molar-refractivity contribution in [1.82, 2.24) is 0 Å². The number of furan rings is 1. The Morgan fingerprint density at radius 2 is 1.88 bits per heavy atom. The number of carbonyl (C=O) groups is 1. The predicted molar refractivity (Wildman–Crippen MR) is 98.7 cm³/mol. The maximum Gasteiger partial charge on any atom is 0.237 e. The fraction of sp³-hybridized carbons (Fsp3) is 0.105. The quantitative estimate of drug-likeness (QED) is 0.218. The van der Waals surface area contributed by atoms with Crippen LogP contribution in [-0.4, -0.2) is 10.8 Å². The summed E-state index contributed by atoms with van der Waals surface area (Å²) in [7, 11) is 0. The Morgan fingerprint density at radius 1 is 1.12 bits per heavy atom. The maximum absolute atomic E-state index is 13.1. The third-order valence-corrected chi connectivity index (χ3v) is 4.31. The molecular weight excluding hydrogens is 356 g/mol. The second-order valence-electron chi connectivity index (χ2n) is 5.30. The van der Waals surface area contributed by atoms with Gasteiger partial charge in [0.05, 0.1) is 17.8 Å². The van der Waals surface area contributed by atoms with Crippen LogP contribution in [0.4, 0.5) is 0 Å². The molecule has 0 amide bonds. The summed E-state index contributed by atoms with van der Waals surface area (Å²) in [5, 5.41) is 0.667. The van der Waals surface area contributed by atoms with E-state index in [9.17, 15) is 4.79 Å². The average Bonchev–Trinajstić information content (AvgIpc) is 3.15. The van der Waals surface area contributed by atoms with Gasteiger partial charge in [0, 0.05) is 17.7 Å². The van der Waals surface area contributed by atoms with Crippen molar-refractivity contribution in [3.8, 4) is 0 Å². The monoisotopic (exact) mass is 370 g/mol. The van der Waals surface area contributed by atoms with Gasteiger partial charge in [0.25, 0.3) is 0 Å². The number of aliphatic imine (C=N–C) groups is 1. The van der Waals surface area contributed by atoms with Crippen LogP contribution in [0, 0.1) is 0 Å². The van der Waals surface area contributed by atoms with E-state index in [1.165, 1.54) is 0 Å². The van der Waals surface area contributed by atoms with Crippen LogP contribution < -0.4 is 4.57 Å². The molecule has 0 saturated carbocycles. The lowest BCUT2D eigenvalue weighted by Crippen LogP contribution is -2.47. The van der Waals surface area contributed by atoms with Gasteiger partial charge in [0.15, 0.2) is 12.4 Å². The Bertz CT molecular complexity index is 879. The fourth-order valence-electron chi connectivity index (χ4n) is 2.41. The van der Waals surface area contributed by atoms with Crippen molar-refractivity contribution >= 4 is 35.1 Å². The van der Waals surface area contributed by atoms with Gasteiger partial charge in [-0.25, -0.2) is 0 Å². The number of hydrogen-bond acceptors (Lipinski definition) is 4. The molecule has 0 aliphatic heterocycles. The van der Waals surface area contributed by atoms with Gasteiger partial charge in [-0.05, 0) is 29.3 Å². The number of pyridine rings is 1. The zero-order valence-corrected chi connectivity index (χ0v) is 14.8. The average molecular weight is 371 g/mol. The van der Waals surface area contributed by atoms with Crippen molar-refractivity contribution in [2.75, 3.05) is 0 Å². The normalized spacial score (nSPS) is 12.8. The van der Waals surface area contributed by atoms with Crippen molar-refractivity contribution in [3.05, 3.63) is 89.6 Å². The molecule has 0 fully saturated rings. The van der Waals surface area contributed by atoms with E-state index in [-0.39, 0.29) is 17.4 Å².